The molecule has 0 aliphatic heterocycles. The molecule has 0 atom stereocenters. The van der Waals surface area contributed by atoms with Crippen molar-refractivity contribution >= 4 is 5.97 Å². The summed E-state index contributed by atoms with van der Waals surface area (Å²) in [5.41, 5.74) is 1.05. The molecule has 1 aromatic rings. The average molecular weight is 262 g/mol. The maximum atomic E-state index is 11.5. The van der Waals surface area contributed by atoms with Gasteiger partial charge in [0, 0.05) is 6.42 Å². The molecule has 2 nitrogen and oxygen atoms in total. The van der Waals surface area contributed by atoms with Crippen LogP contribution in [0.5, 0.6) is 0 Å². The van der Waals surface area contributed by atoms with Gasteiger partial charge in [0.05, 0.1) is 0 Å². The number of esters is 1. The number of hydrogen-bond acceptors (Lipinski definition) is 2. The summed E-state index contributed by atoms with van der Waals surface area (Å²) in [5.74, 6) is -0.0718. The van der Waals surface area contributed by atoms with Gasteiger partial charge in [-0.15, -0.1) is 0 Å². The van der Waals surface area contributed by atoms with Crippen LogP contribution >= 0.6 is 0 Å². The third-order valence-electron chi connectivity index (χ3n) is 3.23. The Bertz CT molecular complexity index is 332. The molecule has 0 spiro atoms. The summed E-state index contributed by atoms with van der Waals surface area (Å²) in [4.78, 5) is 11.5. The van der Waals surface area contributed by atoms with Crippen LogP contribution in [0.1, 0.15) is 63.9 Å². The molecule has 0 N–H and O–H groups in total. The second kappa shape index (κ2) is 10.6. The first kappa shape index (κ1) is 15.7. The van der Waals surface area contributed by atoms with Gasteiger partial charge >= 0.3 is 5.97 Å². The molecule has 106 valence electrons. The van der Waals surface area contributed by atoms with Gasteiger partial charge in [0.2, 0.25) is 0 Å². The molecule has 0 aliphatic carbocycles. The first-order valence-electron chi connectivity index (χ1n) is 7.52. The molecule has 0 fully saturated rings. The molecule has 0 radical (unpaired) electrons. The van der Waals surface area contributed by atoms with E-state index in [1.54, 1.807) is 0 Å². The summed E-state index contributed by atoms with van der Waals surface area (Å²) in [6, 6.07) is 9.82. The van der Waals surface area contributed by atoms with E-state index in [4.69, 9.17) is 4.74 Å². The van der Waals surface area contributed by atoms with E-state index in [0.29, 0.717) is 13.0 Å². The molecule has 0 amide bonds. The first-order chi connectivity index (χ1) is 9.33. The molecule has 0 aliphatic rings. The smallest absolute Gasteiger partial charge is 0.306 e. The maximum Gasteiger partial charge on any atom is 0.306 e. The number of unbranched alkanes of at least 4 members (excludes halogenated alkanes) is 6. The lowest BCUT2D eigenvalue weighted by Gasteiger charge is -2.05. The van der Waals surface area contributed by atoms with Crippen LogP contribution in [0.4, 0.5) is 0 Å². The second-order valence-electron chi connectivity index (χ2n) is 5.02. The fourth-order valence-corrected chi connectivity index (χ4v) is 2.04. The van der Waals surface area contributed by atoms with Crippen molar-refractivity contribution in [2.75, 3.05) is 0 Å². The van der Waals surface area contributed by atoms with Gasteiger partial charge in [-0.2, -0.15) is 0 Å². The summed E-state index contributed by atoms with van der Waals surface area (Å²) >= 11 is 0. The summed E-state index contributed by atoms with van der Waals surface area (Å²) in [7, 11) is 0. The van der Waals surface area contributed by atoms with Crippen LogP contribution in [-0.2, 0) is 16.1 Å². The van der Waals surface area contributed by atoms with Gasteiger partial charge in [-0.1, -0.05) is 75.8 Å². The number of carbonyl (C=O) groups is 1. The van der Waals surface area contributed by atoms with Crippen LogP contribution in [0.25, 0.3) is 0 Å². The van der Waals surface area contributed by atoms with E-state index in [0.717, 1.165) is 18.4 Å². The van der Waals surface area contributed by atoms with E-state index < -0.39 is 0 Å². The highest BCUT2D eigenvalue weighted by atomic mass is 16.5. The predicted octanol–water partition coefficient (Wildman–Crippen LogP) is 4.87. The molecule has 1 rings (SSSR count). The molecule has 0 saturated heterocycles. The van der Waals surface area contributed by atoms with Crippen molar-refractivity contribution in [3.8, 4) is 0 Å². The standard InChI is InChI=1S/C17H26O2/c1-2-3-4-5-6-7-11-14-17(18)19-15-16-12-9-8-10-13-16/h8-10,12-13H,2-7,11,14-15H2,1H3. The highest BCUT2D eigenvalue weighted by molar-refractivity contribution is 5.69. The summed E-state index contributed by atoms with van der Waals surface area (Å²) < 4.78 is 5.23. The lowest BCUT2D eigenvalue weighted by atomic mass is 10.1. The lowest BCUT2D eigenvalue weighted by molar-refractivity contribution is -0.145. The Balaban J connectivity index is 1.96. The Morgan fingerprint density at radius 3 is 2.26 bits per heavy atom. The second-order valence-corrected chi connectivity index (χ2v) is 5.02. The van der Waals surface area contributed by atoms with Crippen LogP contribution in [0.15, 0.2) is 30.3 Å². The van der Waals surface area contributed by atoms with Gasteiger partial charge in [0.1, 0.15) is 6.61 Å². The SMILES string of the molecule is CCCCCCCCCC(=O)OCc1ccccc1. The van der Waals surface area contributed by atoms with Crippen LogP contribution < -0.4 is 0 Å². The molecule has 0 heterocycles. The predicted molar refractivity (Wildman–Crippen MR) is 78.8 cm³/mol. The van der Waals surface area contributed by atoms with Crippen molar-refractivity contribution in [1.29, 1.82) is 0 Å². The van der Waals surface area contributed by atoms with Crippen molar-refractivity contribution in [3.05, 3.63) is 35.9 Å². The molecular weight excluding hydrogens is 236 g/mol. The summed E-state index contributed by atoms with van der Waals surface area (Å²) in [6.07, 6.45) is 9.14. The van der Waals surface area contributed by atoms with Crippen molar-refractivity contribution in [2.45, 2.75) is 64.9 Å². The fourth-order valence-electron chi connectivity index (χ4n) is 2.04. The average Bonchev–Trinajstić information content (AvgIpc) is 2.45. The highest BCUT2D eigenvalue weighted by Crippen LogP contribution is 2.09. The molecular formula is C17H26O2. The summed E-state index contributed by atoms with van der Waals surface area (Å²) in [6.45, 7) is 2.62. The molecule has 0 unspecified atom stereocenters. The Morgan fingerprint density at radius 2 is 1.58 bits per heavy atom. The Morgan fingerprint density at radius 1 is 0.947 bits per heavy atom. The molecule has 1 aromatic carbocycles. The summed E-state index contributed by atoms with van der Waals surface area (Å²) in [5, 5.41) is 0. The van der Waals surface area contributed by atoms with Crippen LogP contribution in [0.3, 0.4) is 0 Å². The first-order valence-corrected chi connectivity index (χ1v) is 7.52. The van der Waals surface area contributed by atoms with E-state index in [1.165, 1.54) is 32.1 Å². The number of carbonyl (C=O) groups excluding carboxylic acids is 1. The maximum absolute atomic E-state index is 11.5. The van der Waals surface area contributed by atoms with E-state index >= 15 is 0 Å². The van der Waals surface area contributed by atoms with E-state index in [-0.39, 0.29) is 5.97 Å². The molecule has 0 aromatic heterocycles. The topological polar surface area (TPSA) is 26.3 Å². The van der Waals surface area contributed by atoms with Gasteiger partial charge in [0.15, 0.2) is 0 Å². The minimum absolute atomic E-state index is 0.0718. The van der Waals surface area contributed by atoms with Gasteiger partial charge in [0.25, 0.3) is 0 Å². The van der Waals surface area contributed by atoms with E-state index in [2.05, 4.69) is 6.92 Å². The Labute approximate surface area is 117 Å². The van der Waals surface area contributed by atoms with Gasteiger partial charge < -0.3 is 4.74 Å². The highest BCUT2D eigenvalue weighted by Gasteiger charge is 2.02. The number of ether oxygens (including phenoxy) is 1. The minimum Gasteiger partial charge on any atom is -0.461 e. The largest absolute Gasteiger partial charge is 0.461 e. The zero-order chi connectivity index (χ0) is 13.8. The van der Waals surface area contributed by atoms with Crippen molar-refractivity contribution in [3.63, 3.8) is 0 Å². The number of hydrogen-bond donors (Lipinski definition) is 0. The van der Waals surface area contributed by atoms with Gasteiger partial charge in [-0.25, -0.2) is 0 Å². The monoisotopic (exact) mass is 262 g/mol. The van der Waals surface area contributed by atoms with Crippen LogP contribution in [0, 0.1) is 0 Å². The zero-order valence-corrected chi connectivity index (χ0v) is 12.1. The molecule has 0 saturated carbocycles. The molecule has 2 heteroatoms. The van der Waals surface area contributed by atoms with E-state index in [9.17, 15) is 4.79 Å². The quantitative estimate of drug-likeness (QED) is 0.444. The van der Waals surface area contributed by atoms with Crippen LogP contribution in [-0.4, -0.2) is 5.97 Å². The third kappa shape index (κ3) is 8.41. The molecule has 19 heavy (non-hydrogen) atoms. The third-order valence-corrected chi connectivity index (χ3v) is 3.23. The van der Waals surface area contributed by atoms with Gasteiger partial charge in [-0.05, 0) is 12.0 Å². The lowest BCUT2D eigenvalue weighted by Crippen LogP contribution is -2.04. The Hall–Kier alpha value is -1.31. The van der Waals surface area contributed by atoms with Crippen molar-refractivity contribution in [1.82, 2.24) is 0 Å². The number of rotatable bonds is 10. The van der Waals surface area contributed by atoms with Gasteiger partial charge in [-0.3, -0.25) is 4.79 Å². The fraction of sp³-hybridized carbons (Fsp3) is 0.588. The van der Waals surface area contributed by atoms with Crippen LogP contribution in [0.2, 0.25) is 0 Å². The Kier molecular flexibility index (Phi) is 8.78. The normalized spacial score (nSPS) is 10.4. The zero-order valence-electron chi connectivity index (χ0n) is 12.1. The molecule has 0 bridgehead atoms. The van der Waals surface area contributed by atoms with E-state index in [1.807, 2.05) is 30.3 Å². The van der Waals surface area contributed by atoms with Crippen molar-refractivity contribution in [2.24, 2.45) is 0 Å². The number of benzene rings is 1. The minimum atomic E-state index is -0.0718. The van der Waals surface area contributed by atoms with Crippen molar-refractivity contribution < 1.29 is 9.53 Å².